The van der Waals surface area contributed by atoms with Crippen LogP contribution >= 0.6 is 0 Å². The van der Waals surface area contributed by atoms with Crippen molar-refractivity contribution in [3.05, 3.63) is 97.1 Å². The number of phenols is 4. The number of rotatable bonds is 2. The number of phenolic OH excluding ortho intramolecular Hbond substituents is 4. The van der Waals surface area contributed by atoms with Crippen LogP contribution in [0.4, 0.5) is 0 Å². The Hall–Kier alpha value is -4.70. The maximum absolute atomic E-state index is 11.4. The molecule has 0 saturated carbocycles. The Bertz CT molecular complexity index is 1620. The first-order valence-electron chi connectivity index (χ1n) is 10.9. The molecule has 4 N–H and O–H groups in total. The number of aromatic hydroxyl groups is 4. The van der Waals surface area contributed by atoms with Crippen molar-refractivity contribution in [1.29, 1.82) is 0 Å². The Morgan fingerprint density at radius 2 is 0.676 bits per heavy atom. The zero-order chi connectivity index (χ0) is 23.4. The van der Waals surface area contributed by atoms with Crippen molar-refractivity contribution in [2.45, 2.75) is 0 Å². The highest BCUT2D eigenvalue weighted by Gasteiger charge is 2.26. The minimum Gasteiger partial charge on any atom is -0.507 e. The summed E-state index contributed by atoms with van der Waals surface area (Å²) in [6.45, 7) is 0. The molecule has 0 radical (unpaired) electrons. The first-order chi connectivity index (χ1) is 16.6. The SMILES string of the molecule is Oc1ccc2ccccc2c1-c1c(O)c(O)c(-c2c(O)ccc3ccccc23)c2ccccc12. The van der Waals surface area contributed by atoms with Crippen LogP contribution in [0.25, 0.3) is 54.6 Å². The second kappa shape index (κ2) is 7.42. The molecule has 4 heteroatoms. The largest absolute Gasteiger partial charge is 0.507 e. The second-order valence-electron chi connectivity index (χ2n) is 8.35. The molecular formula is C30H20O4. The average Bonchev–Trinajstić information content (AvgIpc) is 2.87. The van der Waals surface area contributed by atoms with Crippen LogP contribution in [0.2, 0.25) is 0 Å². The van der Waals surface area contributed by atoms with Gasteiger partial charge in [-0.15, -0.1) is 0 Å². The minimum atomic E-state index is -0.354. The Balaban J connectivity index is 1.80. The molecular weight excluding hydrogens is 424 g/mol. The van der Waals surface area contributed by atoms with Gasteiger partial charge >= 0.3 is 0 Å². The summed E-state index contributed by atoms with van der Waals surface area (Å²) in [6.07, 6.45) is 0. The van der Waals surface area contributed by atoms with Crippen LogP contribution in [0.15, 0.2) is 97.1 Å². The summed E-state index contributed by atoms with van der Waals surface area (Å²) in [5.41, 5.74) is 1.56. The van der Waals surface area contributed by atoms with Crippen LogP contribution in [-0.2, 0) is 0 Å². The van der Waals surface area contributed by atoms with Crippen LogP contribution in [-0.4, -0.2) is 20.4 Å². The molecule has 0 atom stereocenters. The number of benzene rings is 6. The van der Waals surface area contributed by atoms with E-state index in [0.29, 0.717) is 33.0 Å². The van der Waals surface area contributed by atoms with E-state index in [1.165, 1.54) is 0 Å². The number of fused-ring (bicyclic) bond motifs is 3. The summed E-state index contributed by atoms with van der Waals surface area (Å²) < 4.78 is 0. The predicted octanol–water partition coefficient (Wildman–Crippen LogP) is 7.30. The Morgan fingerprint density at radius 1 is 0.324 bits per heavy atom. The third kappa shape index (κ3) is 2.79. The van der Waals surface area contributed by atoms with Crippen LogP contribution < -0.4 is 0 Å². The Kier molecular flexibility index (Phi) is 4.36. The minimum absolute atomic E-state index is 0.000638. The van der Waals surface area contributed by atoms with E-state index in [2.05, 4.69) is 0 Å². The van der Waals surface area contributed by atoms with Crippen LogP contribution in [0.3, 0.4) is 0 Å². The molecule has 6 aromatic carbocycles. The van der Waals surface area contributed by atoms with E-state index in [4.69, 9.17) is 0 Å². The fraction of sp³-hybridized carbons (Fsp3) is 0. The highest BCUT2D eigenvalue weighted by molar-refractivity contribution is 6.18. The zero-order valence-corrected chi connectivity index (χ0v) is 18.0. The molecule has 0 bridgehead atoms. The third-order valence-electron chi connectivity index (χ3n) is 6.48. The second-order valence-corrected chi connectivity index (χ2v) is 8.35. The van der Waals surface area contributed by atoms with Crippen molar-refractivity contribution in [2.75, 3.05) is 0 Å². The van der Waals surface area contributed by atoms with Gasteiger partial charge < -0.3 is 20.4 Å². The lowest BCUT2D eigenvalue weighted by molar-refractivity contribution is 0.407. The summed E-state index contributed by atoms with van der Waals surface area (Å²) in [5, 5.41) is 49.1. The number of hydrogen-bond donors (Lipinski definition) is 4. The monoisotopic (exact) mass is 444 g/mol. The predicted molar refractivity (Wildman–Crippen MR) is 136 cm³/mol. The summed E-state index contributed by atoms with van der Waals surface area (Å²) in [5.74, 6) is -0.709. The van der Waals surface area contributed by atoms with Gasteiger partial charge in [-0.1, -0.05) is 84.9 Å². The van der Waals surface area contributed by atoms with Gasteiger partial charge in [0.05, 0.1) is 0 Å². The van der Waals surface area contributed by atoms with Crippen LogP contribution in [0, 0.1) is 0 Å². The molecule has 0 saturated heterocycles. The van der Waals surface area contributed by atoms with E-state index < -0.39 is 0 Å². The zero-order valence-electron chi connectivity index (χ0n) is 18.0. The van der Waals surface area contributed by atoms with Gasteiger partial charge in [0.2, 0.25) is 0 Å². The first-order valence-corrected chi connectivity index (χ1v) is 10.9. The van der Waals surface area contributed by atoms with Crippen molar-refractivity contribution < 1.29 is 20.4 Å². The molecule has 0 unspecified atom stereocenters. The molecule has 0 aromatic heterocycles. The van der Waals surface area contributed by atoms with Gasteiger partial charge in [-0.3, -0.25) is 0 Å². The van der Waals surface area contributed by atoms with E-state index in [1.54, 1.807) is 12.1 Å². The maximum atomic E-state index is 11.4. The maximum Gasteiger partial charge on any atom is 0.166 e. The summed E-state index contributed by atoms with van der Waals surface area (Å²) in [7, 11) is 0. The molecule has 0 spiro atoms. The van der Waals surface area contributed by atoms with Crippen molar-refractivity contribution >= 4 is 32.3 Å². The topological polar surface area (TPSA) is 80.9 Å². The normalized spacial score (nSPS) is 11.4. The molecule has 164 valence electrons. The summed E-state index contributed by atoms with van der Waals surface area (Å²) >= 11 is 0. The molecule has 0 heterocycles. The van der Waals surface area contributed by atoms with Crippen molar-refractivity contribution in [3.63, 3.8) is 0 Å². The van der Waals surface area contributed by atoms with Crippen LogP contribution in [0.1, 0.15) is 0 Å². The third-order valence-corrected chi connectivity index (χ3v) is 6.48. The highest BCUT2D eigenvalue weighted by Crippen LogP contribution is 2.54. The molecule has 0 aliphatic rings. The molecule has 0 aliphatic carbocycles. The Labute approximate surface area is 195 Å². The first kappa shape index (κ1) is 19.9. The average molecular weight is 444 g/mol. The van der Waals surface area contributed by atoms with Gasteiger partial charge in [-0.05, 0) is 44.5 Å². The fourth-order valence-corrected chi connectivity index (χ4v) is 4.96. The van der Waals surface area contributed by atoms with Gasteiger partial charge in [0.25, 0.3) is 0 Å². The molecule has 6 rings (SSSR count). The van der Waals surface area contributed by atoms with Crippen molar-refractivity contribution in [1.82, 2.24) is 0 Å². The molecule has 0 fully saturated rings. The van der Waals surface area contributed by atoms with E-state index in [-0.39, 0.29) is 23.0 Å². The van der Waals surface area contributed by atoms with E-state index in [1.807, 2.05) is 84.9 Å². The summed E-state index contributed by atoms with van der Waals surface area (Å²) in [6, 6.07) is 29.4. The van der Waals surface area contributed by atoms with Gasteiger partial charge in [0.15, 0.2) is 11.5 Å². The van der Waals surface area contributed by atoms with Crippen molar-refractivity contribution in [2.24, 2.45) is 0 Å². The van der Waals surface area contributed by atoms with E-state index in [0.717, 1.165) is 21.5 Å². The molecule has 4 nitrogen and oxygen atoms in total. The standard InChI is InChI=1S/C30H20O4/c31-23-15-13-17-7-1-3-9-19(17)25(23)27-21-11-5-6-12-22(21)28(30(34)29(27)33)26-20-10-4-2-8-18(20)14-16-24(26)32/h1-16,31-34H. The van der Waals surface area contributed by atoms with Crippen LogP contribution in [0.5, 0.6) is 23.0 Å². The molecule has 6 aromatic rings. The molecule has 34 heavy (non-hydrogen) atoms. The lowest BCUT2D eigenvalue weighted by atomic mass is 9.86. The van der Waals surface area contributed by atoms with Crippen molar-refractivity contribution in [3.8, 4) is 45.3 Å². The fourth-order valence-electron chi connectivity index (χ4n) is 4.96. The van der Waals surface area contributed by atoms with Gasteiger partial charge in [-0.2, -0.15) is 0 Å². The highest BCUT2D eigenvalue weighted by atomic mass is 16.3. The lowest BCUT2D eigenvalue weighted by Crippen LogP contribution is -1.92. The van der Waals surface area contributed by atoms with E-state index >= 15 is 0 Å². The quantitative estimate of drug-likeness (QED) is 0.211. The summed E-state index contributed by atoms with van der Waals surface area (Å²) in [4.78, 5) is 0. The van der Waals surface area contributed by atoms with Gasteiger partial charge in [0, 0.05) is 22.3 Å². The van der Waals surface area contributed by atoms with E-state index in [9.17, 15) is 20.4 Å². The Morgan fingerprint density at radius 3 is 1.09 bits per heavy atom. The smallest absolute Gasteiger partial charge is 0.166 e. The lowest BCUT2D eigenvalue weighted by Gasteiger charge is -2.20. The molecule has 0 aliphatic heterocycles. The van der Waals surface area contributed by atoms with Gasteiger partial charge in [0.1, 0.15) is 11.5 Å². The van der Waals surface area contributed by atoms with Gasteiger partial charge in [-0.25, -0.2) is 0 Å². The number of hydrogen-bond acceptors (Lipinski definition) is 4. The molecule has 0 amide bonds.